The molecule has 35 heavy (non-hydrogen) atoms. The van der Waals surface area contributed by atoms with E-state index in [0.29, 0.717) is 30.1 Å². The van der Waals surface area contributed by atoms with Gasteiger partial charge in [0.15, 0.2) is 11.4 Å². The van der Waals surface area contributed by atoms with Gasteiger partial charge in [-0.05, 0) is 56.6 Å². The fourth-order valence-corrected chi connectivity index (χ4v) is 4.43. The monoisotopic (exact) mass is 506 g/mol. The molecule has 186 valence electrons. The molecule has 8 nitrogen and oxygen atoms in total. The Bertz CT molecular complexity index is 1200. The number of pyridine rings is 1. The van der Waals surface area contributed by atoms with Crippen LogP contribution in [0.5, 0.6) is 0 Å². The van der Waals surface area contributed by atoms with Crippen molar-refractivity contribution in [3.05, 3.63) is 42.2 Å². The van der Waals surface area contributed by atoms with Crippen molar-refractivity contribution in [1.82, 2.24) is 19.7 Å². The number of thiol groups is 1. The second-order valence-electron chi connectivity index (χ2n) is 9.08. The molecule has 0 aliphatic heterocycles. The Morgan fingerprint density at radius 1 is 1.20 bits per heavy atom. The summed E-state index contributed by atoms with van der Waals surface area (Å²) in [6, 6.07) is 3.26. The van der Waals surface area contributed by atoms with Crippen LogP contribution in [0, 0.1) is 5.92 Å². The van der Waals surface area contributed by atoms with Gasteiger partial charge in [0.1, 0.15) is 12.1 Å². The number of halogens is 3. The molecule has 3 aromatic rings. The molecule has 2 aliphatic rings. The first kappa shape index (κ1) is 23.7. The van der Waals surface area contributed by atoms with Crippen molar-refractivity contribution < 1.29 is 22.4 Å². The minimum absolute atomic E-state index is 0.138. The van der Waals surface area contributed by atoms with Gasteiger partial charge in [-0.15, -0.1) is 0 Å². The lowest BCUT2D eigenvalue weighted by Crippen LogP contribution is -2.19. The van der Waals surface area contributed by atoms with Gasteiger partial charge >= 0.3 is 6.18 Å². The second-order valence-corrected chi connectivity index (χ2v) is 9.81. The summed E-state index contributed by atoms with van der Waals surface area (Å²) in [5.41, 5.74) is -1.08. The lowest BCUT2D eigenvalue weighted by molar-refractivity contribution is -0.141. The molecule has 5 rings (SSSR count). The number of nitrogens with zero attached hydrogens (tertiary/aromatic N) is 4. The highest BCUT2D eigenvalue weighted by molar-refractivity contribution is 7.80. The molecule has 2 saturated carbocycles. The summed E-state index contributed by atoms with van der Waals surface area (Å²) in [6.45, 7) is 0.834. The number of aromatic nitrogens is 4. The van der Waals surface area contributed by atoms with E-state index in [-0.39, 0.29) is 22.9 Å². The Morgan fingerprint density at radius 2 is 1.97 bits per heavy atom. The zero-order valence-corrected chi connectivity index (χ0v) is 19.6. The summed E-state index contributed by atoms with van der Waals surface area (Å²) >= 11 is 4.44. The number of hydrogen-bond acceptors (Lipinski definition) is 7. The van der Waals surface area contributed by atoms with Crippen LogP contribution in [-0.2, 0) is 6.18 Å². The van der Waals surface area contributed by atoms with Crippen molar-refractivity contribution in [2.45, 2.75) is 56.0 Å². The van der Waals surface area contributed by atoms with Crippen LogP contribution in [0.4, 0.5) is 24.7 Å². The number of oxazole rings is 1. The zero-order valence-electron chi connectivity index (χ0n) is 18.8. The smallest absolute Gasteiger partial charge is 0.437 e. The third-order valence-electron chi connectivity index (χ3n) is 6.30. The topological polar surface area (TPSA) is 97.9 Å². The van der Waals surface area contributed by atoms with E-state index in [1.807, 2.05) is 0 Å². The van der Waals surface area contributed by atoms with Crippen molar-refractivity contribution in [3.8, 4) is 11.5 Å². The van der Waals surface area contributed by atoms with E-state index in [1.54, 1.807) is 18.3 Å². The maximum Gasteiger partial charge on any atom is 0.437 e. The minimum Gasteiger partial charge on any atom is -0.444 e. The van der Waals surface area contributed by atoms with Crippen LogP contribution in [0.25, 0.3) is 11.5 Å². The van der Waals surface area contributed by atoms with Crippen molar-refractivity contribution in [1.29, 1.82) is 0 Å². The largest absolute Gasteiger partial charge is 0.444 e. The van der Waals surface area contributed by atoms with Crippen LogP contribution in [0.3, 0.4) is 0 Å². The number of rotatable bonds is 7. The van der Waals surface area contributed by atoms with E-state index in [1.165, 1.54) is 23.7 Å². The first-order valence-corrected chi connectivity index (χ1v) is 12.1. The average Bonchev–Trinajstić information content (AvgIpc) is 3.34. The maximum absolute atomic E-state index is 13.6. The molecule has 3 aromatic heterocycles. The molecule has 0 atom stereocenters. The Labute approximate surface area is 205 Å². The summed E-state index contributed by atoms with van der Waals surface area (Å²) in [5, 5.41) is 9.58. The van der Waals surface area contributed by atoms with E-state index in [9.17, 15) is 18.0 Å². The Morgan fingerprint density at radius 3 is 2.69 bits per heavy atom. The molecular formula is C23H25F3N6O2S. The molecule has 0 saturated heterocycles. The van der Waals surface area contributed by atoms with Crippen LogP contribution in [0.1, 0.15) is 60.7 Å². The fraction of sp³-hybridized carbons (Fsp3) is 0.478. The van der Waals surface area contributed by atoms with Crippen molar-refractivity contribution >= 4 is 30.0 Å². The van der Waals surface area contributed by atoms with Crippen LogP contribution < -0.4 is 10.6 Å². The van der Waals surface area contributed by atoms with Crippen molar-refractivity contribution in [2.24, 2.45) is 5.92 Å². The summed E-state index contributed by atoms with van der Waals surface area (Å²) in [5.74, 6) is 0.682. The lowest BCUT2D eigenvalue weighted by Gasteiger charge is -2.25. The molecule has 2 aliphatic carbocycles. The van der Waals surface area contributed by atoms with Crippen LogP contribution >= 0.6 is 12.6 Å². The maximum atomic E-state index is 13.6. The van der Waals surface area contributed by atoms with Crippen molar-refractivity contribution in [2.75, 3.05) is 17.2 Å². The molecule has 0 radical (unpaired) electrons. The number of carbonyl (C=O) groups excluding carboxylic acids is 1. The number of alkyl halides is 3. The number of amides is 1. The molecule has 0 unspecified atom stereocenters. The summed E-state index contributed by atoms with van der Waals surface area (Å²) in [7, 11) is 0. The molecule has 0 bridgehead atoms. The van der Waals surface area contributed by atoms with Crippen LogP contribution in [0.15, 0.2) is 35.2 Å². The molecule has 12 heteroatoms. The van der Waals surface area contributed by atoms with Gasteiger partial charge in [0, 0.05) is 29.8 Å². The Hall–Kier alpha value is -3.02. The number of anilines is 2. The van der Waals surface area contributed by atoms with Gasteiger partial charge in [0.25, 0.3) is 5.91 Å². The molecule has 1 amide bonds. The highest BCUT2D eigenvalue weighted by Gasteiger charge is 2.39. The Kier molecular flexibility index (Phi) is 6.47. The van der Waals surface area contributed by atoms with Crippen LogP contribution in [0.2, 0.25) is 0 Å². The highest BCUT2D eigenvalue weighted by atomic mass is 32.1. The van der Waals surface area contributed by atoms with Crippen LogP contribution in [-0.4, -0.2) is 37.5 Å². The summed E-state index contributed by atoms with van der Waals surface area (Å²) < 4.78 is 47.7. The highest BCUT2D eigenvalue weighted by Crippen LogP contribution is 2.37. The van der Waals surface area contributed by atoms with E-state index in [4.69, 9.17) is 4.42 Å². The molecular weight excluding hydrogens is 481 g/mol. The first-order chi connectivity index (χ1) is 16.8. The van der Waals surface area contributed by atoms with Gasteiger partial charge in [-0.1, -0.05) is 0 Å². The second kappa shape index (κ2) is 9.56. The van der Waals surface area contributed by atoms with Gasteiger partial charge in [-0.25, -0.2) is 9.97 Å². The molecule has 2 N–H and O–H groups in total. The SMILES string of the molecule is O=C(Nc1cn([C@H]2CC[C@H](S)CC2)nc1C(F)(F)F)c1coc(-c2ccnc(NCC3CC3)c2)n1. The zero-order chi connectivity index (χ0) is 24.6. The third-order valence-corrected chi connectivity index (χ3v) is 6.82. The predicted molar refractivity (Wildman–Crippen MR) is 126 cm³/mol. The van der Waals surface area contributed by atoms with Gasteiger partial charge in [0.2, 0.25) is 5.89 Å². The number of carbonyl (C=O) groups is 1. The average molecular weight is 507 g/mol. The third kappa shape index (κ3) is 5.63. The minimum atomic E-state index is -4.72. The number of nitrogens with one attached hydrogen (secondary N) is 2. The fourth-order valence-electron chi connectivity index (χ4n) is 4.13. The van der Waals surface area contributed by atoms with E-state index >= 15 is 0 Å². The Balaban J connectivity index is 1.31. The lowest BCUT2D eigenvalue weighted by atomic mass is 9.95. The molecule has 3 heterocycles. The van der Waals surface area contributed by atoms with E-state index in [0.717, 1.165) is 25.6 Å². The van der Waals surface area contributed by atoms with E-state index < -0.39 is 23.5 Å². The standard InChI is InChI=1S/C23H25F3N6O2S/c24-23(25,26)20-17(11-32(31-20)15-3-5-16(35)6-4-15)29-21(33)18-12-34-22(30-18)14-7-8-27-19(9-14)28-10-13-1-2-13/h7-9,11-13,15-16,35H,1-6,10H2,(H,27,28)(H,29,33)/t15-,16-. The van der Waals surface area contributed by atoms with Gasteiger partial charge in [0.05, 0.1) is 11.7 Å². The van der Waals surface area contributed by atoms with Gasteiger partial charge in [-0.3, -0.25) is 9.48 Å². The first-order valence-electron chi connectivity index (χ1n) is 11.6. The van der Waals surface area contributed by atoms with Crippen molar-refractivity contribution in [3.63, 3.8) is 0 Å². The molecule has 0 aromatic carbocycles. The summed E-state index contributed by atoms with van der Waals surface area (Å²) in [4.78, 5) is 21.2. The number of hydrogen-bond donors (Lipinski definition) is 3. The quantitative estimate of drug-likeness (QED) is 0.369. The molecule has 2 fully saturated rings. The summed E-state index contributed by atoms with van der Waals surface area (Å²) in [6.07, 6.45) is 4.60. The predicted octanol–water partition coefficient (Wildman–Crippen LogP) is 5.44. The van der Waals surface area contributed by atoms with Gasteiger partial charge in [-0.2, -0.15) is 30.9 Å². The van der Waals surface area contributed by atoms with Gasteiger partial charge < -0.3 is 15.1 Å². The normalized spacial score (nSPS) is 20.6. The molecule has 0 spiro atoms. The van der Waals surface area contributed by atoms with E-state index in [2.05, 4.69) is 38.3 Å².